The molecule has 7 heteroatoms. The number of hydrogen-bond donors (Lipinski definition) is 2. The minimum atomic E-state index is -0.530. The lowest BCUT2D eigenvalue weighted by Gasteiger charge is -1.87. The Morgan fingerprint density at radius 1 is 1.13 bits per heavy atom. The predicted molar refractivity (Wildman–Crippen MR) is 56.2 cm³/mol. The van der Waals surface area contributed by atoms with E-state index in [0.717, 1.165) is 0 Å². The molecular formula is C8H4N4O2S. The van der Waals surface area contributed by atoms with Crippen LogP contribution >= 0.6 is 11.3 Å². The van der Waals surface area contributed by atoms with Gasteiger partial charge in [0.15, 0.2) is 0 Å². The fourth-order valence-corrected chi connectivity index (χ4v) is 2.36. The standard InChI is InChI=1S/C8H4N4O2S/c13-6-5-3(11-8(14)12-6)4-7(15-5)10-2-1-9-4/h1-2H,(H2,11,12,13,14). The lowest BCUT2D eigenvalue weighted by atomic mass is 10.4. The summed E-state index contributed by atoms with van der Waals surface area (Å²) >= 11 is 1.21. The lowest BCUT2D eigenvalue weighted by molar-refractivity contribution is 1.09. The first kappa shape index (κ1) is 8.30. The zero-order valence-electron chi connectivity index (χ0n) is 7.27. The van der Waals surface area contributed by atoms with E-state index in [1.807, 2.05) is 0 Å². The Morgan fingerprint density at radius 2 is 1.93 bits per heavy atom. The lowest BCUT2D eigenvalue weighted by Crippen LogP contribution is -2.20. The van der Waals surface area contributed by atoms with Crippen LogP contribution in [0.3, 0.4) is 0 Å². The van der Waals surface area contributed by atoms with Crippen LogP contribution in [0.4, 0.5) is 0 Å². The van der Waals surface area contributed by atoms with Crippen molar-refractivity contribution in [3.8, 4) is 0 Å². The quantitative estimate of drug-likeness (QED) is 0.567. The fraction of sp³-hybridized carbons (Fsp3) is 0. The van der Waals surface area contributed by atoms with Gasteiger partial charge in [-0.3, -0.25) is 9.78 Å². The summed E-state index contributed by atoms with van der Waals surface area (Å²) in [5.41, 5.74) is 0.0777. The van der Waals surface area contributed by atoms with Crippen molar-refractivity contribution in [1.82, 2.24) is 19.9 Å². The summed E-state index contributed by atoms with van der Waals surface area (Å²) in [4.78, 5) is 36.0. The molecule has 0 bridgehead atoms. The van der Waals surface area contributed by atoms with E-state index < -0.39 is 11.2 Å². The monoisotopic (exact) mass is 220 g/mol. The second kappa shape index (κ2) is 2.74. The zero-order chi connectivity index (χ0) is 10.4. The number of aromatic amines is 2. The molecule has 0 radical (unpaired) electrons. The van der Waals surface area contributed by atoms with Crippen LogP contribution in [0.5, 0.6) is 0 Å². The Morgan fingerprint density at radius 3 is 2.80 bits per heavy atom. The first-order valence-corrected chi connectivity index (χ1v) is 4.93. The normalized spacial score (nSPS) is 11.2. The molecule has 0 spiro atoms. The molecule has 3 aromatic rings. The van der Waals surface area contributed by atoms with Crippen LogP contribution in [0.2, 0.25) is 0 Å². The molecule has 15 heavy (non-hydrogen) atoms. The van der Waals surface area contributed by atoms with Gasteiger partial charge in [0.1, 0.15) is 15.0 Å². The maximum absolute atomic E-state index is 11.4. The van der Waals surface area contributed by atoms with Crippen molar-refractivity contribution >= 4 is 31.9 Å². The first-order valence-electron chi connectivity index (χ1n) is 4.11. The van der Waals surface area contributed by atoms with E-state index in [9.17, 15) is 9.59 Å². The molecule has 0 aliphatic rings. The van der Waals surface area contributed by atoms with E-state index in [4.69, 9.17) is 0 Å². The molecule has 74 valence electrons. The summed E-state index contributed by atoms with van der Waals surface area (Å²) < 4.78 is 0.441. The fourth-order valence-electron chi connectivity index (χ4n) is 1.41. The van der Waals surface area contributed by atoms with E-state index >= 15 is 0 Å². The first-order chi connectivity index (χ1) is 7.25. The third kappa shape index (κ3) is 1.10. The van der Waals surface area contributed by atoms with Crippen LogP contribution < -0.4 is 11.2 Å². The molecule has 0 aliphatic heterocycles. The smallest absolute Gasteiger partial charge is 0.304 e. The third-order valence-electron chi connectivity index (χ3n) is 2.00. The van der Waals surface area contributed by atoms with Crippen molar-refractivity contribution in [3.63, 3.8) is 0 Å². The molecule has 0 aliphatic carbocycles. The molecule has 0 aromatic carbocycles. The minimum absolute atomic E-state index is 0.404. The van der Waals surface area contributed by atoms with Crippen LogP contribution in [-0.2, 0) is 0 Å². The number of aromatic nitrogens is 4. The Labute approximate surface area is 85.6 Å². The van der Waals surface area contributed by atoms with Crippen molar-refractivity contribution in [2.24, 2.45) is 0 Å². The highest BCUT2D eigenvalue weighted by molar-refractivity contribution is 7.25. The van der Waals surface area contributed by atoms with Gasteiger partial charge in [0.25, 0.3) is 5.56 Å². The van der Waals surface area contributed by atoms with Gasteiger partial charge in [-0.05, 0) is 0 Å². The Bertz CT molecular complexity index is 769. The maximum atomic E-state index is 11.4. The molecule has 3 heterocycles. The summed E-state index contributed by atoms with van der Waals surface area (Å²) in [7, 11) is 0. The predicted octanol–water partition coefficient (Wildman–Crippen LogP) is 0.221. The highest BCUT2D eigenvalue weighted by Gasteiger charge is 2.10. The molecule has 0 atom stereocenters. The van der Waals surface area contributed by atoms with Crippen LogP contribution in [-0.4, -0.2) is 19.9 Å². The Balaban J connectivity index is 2.73. The van der Waals surface area contributed by atoms with Gasteiger partial charge in [0.2, 0.25) is 0 Å². The average molecular weight is 220 g/mol. The molecule has 0 saturated carbocycles. The number of nitrogens with one attached hydrogen (secondary N) is 2. The van der Waals surface area contributed by atoms with Crippen LogP contribution in [0.25, 0.3) is 20.6 Å². The van der Waals surface area contributed by atoms with E-state index in [1.54, 1.807) is 6.20 Å². The molecule has 6 nitrogen and oxygen atoms in total. The molecule has 3 aromatic heterocycles. The van der Waals surface area contributed by atoms with Crippen LogP contribution in [0, 0.1) is 0 Å². The summed E-state index contributed by atoms with van der Waals surface area (Å²) in [6, 6.07) is 0. The number of hydrogen-bond acceptors (Lipinski definition) is 5. The van der Waals surface area contributed by atoms with Gasteiger partial charge in [-0.2, -0.15) is 0 Å². The van der Waals surface area contributed by atoms with E-state index in [0.29, 0.717) is 20.6 Å². The molecule has 0 saturated heterocycles. The second-order valence-corrected chi connectivity index (χ2v) is 3.92. The largest absolute Gasteiger partial charge is 0.326 e. The third-order valence-corrected chi connectivity index (χ3v) is 3.08. The van der Waals surface area contributed by atoms with Crippen LogP contribution in [0.1, 0.15) is 0 Å². The second-order valence-electron chi connectivity index (χ2n) is 2.92. The number of thiophene rings is 1. The number of nitrogens with zero attached hydrogens (tertiary/aromatic N) is 2. The molecule has 3 rings (SSSR count). The number of H-pyrrole nitrogens is 2. The number of fused-ring (bicyclic) bond motifs is 3. The van der Waals surface area contributed by atoms with Gasteiger partial charge in [-0.15, -0.1) is 11.3 Å². The maximum Gasteiger partial charge on any atom is 0.326 e. The molecule has 0 amide bonds. The topological polar surface area (TPSA) is 91.5 Å². The van der Waals surface area contributed by atoms with E-state index in [1.165, 1.54) is 17.5 Å². The minimum Gasteiger partial charge on any atom is -0.304 e. The molecule has 0 unspecified atom stereocenters. The SMILES string of the molecule is O=c1[nH]c(=O)c2sc3nccnc3c2[nH]1. The molecule has 2 N–H and O–H groups in total. The molecule has 0 fully saturated rings. The summed E-state index contributed by atoms with van der Waals surface area (Å²) in [6.07, 6.45) is 3.07. The summed E-state index contributed by atoms with van der Waals surface area (Å²) in [5, 5.41) is 0. The summed E-state index contributed by atoms with van der Waals surface area (Å²) in [5.74, 6) is 0. The number of rotatable bonds is 0. The Kier molecular flexibility index (Phi) is 1.51. The van der Waals surface area contributed by atoms with Crippen LogP contribution in [0.15, 0.2) is 22.0 Å². The highest BCUT2D eigenvalue weighted by Crippen LogP contribution is 2.25. The van der Waals surface area contributed by atoms with E-state index in [-0.39, 0.29) is 0 Å². The van der Waals surface area contributed by atoms with Crippen molar-refractivity contribution < 1.29 is 0 Å². The van der Waals surface area contributed by atoms with Gasteiger partial charge in [-0.1, -0.05) is 0 Å². The van der Waals surface area contributed by atoms with Crippen molar-refractivity contribution in [2.45, 2.75) is 0 Å². The van der Waals surface area contributed by atoms with Gasteiger partial charge in [0, 0.05) is 12.4 Å². The van der Waals surface area contributed by atoms with Gasteiger partial charge in [-0.25, -0.2) is 14.8 Å². The molecular weight excluding hydrogens is 216 g/mol. The van der Waals surface area contributed by atoms with Gasteiger partial charge < -0.3 is 4.98 Å². The van der Waals surface area contributed by atoms with Gasteiger partial charge >= 0.3 is 5.69 Å². The van der Waals surface area contributed by atoms with Crippen molar-refractivity contribution in [1.29, 1.82) is 0 Å². The van der Waals surface area contributed by atoms with Crippen molar-refractivity contribution in [3.05, 3.63) is 33.2 Å². The average Bonchev–Trinajstić information content (AvgIpc) is 2.57. The van der Waals surface area contributed by atoms with Crippen molar-refractivity contribution in [2.75, 3.05) is 0 Å². The van der Waals surface area contributed by atoms with Gasteiger partial charge in [0.05, 0.1) is 5.52 Å². The van der Waals surface area contributed by atoms with E-state index in [2.05, 4.69) is 19.9 Å². The Hall–Kier alpha value is -2.02. The highest BCUT2D eigenvalue weighted by atomic mass is 32.1. The summed E-state index contributed by atoms with van der Waals surface area (Å²) in [6.45, 7) is 0. The zero-order valence-corrected chi connectivity index (χ0v) is 8.09.